The van der Waals surface area contributed by atoms with Gasteiger partial charge in [-0.1, -0.05) is 12.1 Å². The summed E-state index contributed by atoms with van der Waals surface area (Å²) < 4.78 is 51.3. The second kappa shape index (κ2) is 6.06. The van der Waals surface area contributed by atoms with Gasteiger partial charge < -0.3 is 15.2 Å². The molecule has 3 rings (SSSR count). The predicted molar refractivity (Wildman–Crippen MR) is 80.6 cm³/mol. The van der Waals surface area contributed by atoms with Crippen LogP contribution in [0.2, 0.25) is 0 Å². The van der Waals surface area contributed by atoms with E-state index in [1.54, 1.807) is 12.1 Å². The Morgan fingerprint density at radius 3 is 2.67 bits per heavy atom. The van der Waals surface area contributed by atoms with Gasteiger partial charge in [0, 0.05) is 12.1 Å². The zero-order chi connectivity index (χ0) is 17.3. The van der Waals surface area contributed by atoms with Crippen LogP contribution in [0.3, 0.4) is 0 Å². The average Bonchev–Trinajstić information content (AvgIpc) is 2.59. The van der Waals surface area contributed by atoms with Gasteiger partial charge >= 0.3 is 6.18 Å². The maximum Gasteiger partial charge on any atom is 0.417 e. The first-order valence-corrected chi connectivity index (χ1v) is 7.18. The highest BCUT2D eigenvalue weighted by Crippen LogP contribution is 2.45. The molecule has 4 nitrogen and oxygen atoms in total. The number of rotatable bonds is 2. The van der Waals surface area contributed by atoms with Gasteiger partial charge in [0.2, 0.25) is 0 Å². The molecule has 0 aliphatic carbocycles. The molecule has 0 saturated heterocycles. The Kier molecular flexibility index (Phi) is 4.08. The smallest absolute Gasteiger partial charge is 0.417 e. The van der Waals surface area contributed by atoms with Gasteiger partial charge in [-0.15, -0.1) is 0 Å². The molecule has 2 aromatic rings. The van der Waals surface area contributed by atoms with Gasteiger partial charge in [-0.05, 0) is 29.8 Å². The molecule has 1 heterocycles. The summed E-state index contributed by atoms with van der Waals surface area (Å²) in [4.78, 5) is 0. The lowest BCUT2D eigenvalue weighted by Crippen LogP contribution is -2.35. The van der Waals surface area contributed by atoms with Crippen LogP contribution in [0.4, 0.5) is 13.2 Å². The van der Waals surface area contributed by atoms with Crippen LogP contribution in [-0.2, 0) is 6.18 Å². The lowest BCUT2D eigenvalue weighted by Gasteiger charge is -2.28. The first-order chi connectivity index (χ1) is 11.4. The van der Waals surface area contributed by atoms with Crippen molar-refractivity contribution < 1.29 is 22.6 Å². The van der Waals surface area contributed by atoms with E-state index in [0.29, 0.717) is 5.75 Å². The van der Waals surface area contributed by atoms with E-state index in [4.69, 9.17) is 20.5 Å². The maximum atomic E-state index is 13.4. The molecule has 0 unspecified atom stereocenters. The third-order valence-corrected chi connectivity index (χ3v) is 3.70. The molecule has 1 aliphatic heterocycles. The lowest BCUT2D eigenvalue weighted by molar-refractivity contribution is -0.137. The standard InChI is InChI=1S/C17H13F3N2O2/c18-17(19,20)14-5-4-10(7-21)6-13(14)12-2-1-3-15-16(12)24-11(8-22)9-23-15/h1-6,11H,8-9,22H2/t11-/m0/s1. The quantitative estimate of drug-likeness (QED) is 0.914. The highest BCUT2D eigenvalue weighted by molar-refractivity contribution is 5.78. The first-order valence-electron chi connectivity index (χ1n) is 7.18. The number of ether oxygens (including phenoxy) is 2. The molecule has 24 heavy (non-hydrogen) atoms. The van der Waals surface area contributed by atoms with E-state index >= 15 is 0 Å². The molecule has 0 saturated carbocycles. The second-order valence-corrected chi connectivity index (χ2v) is 5.29. The van der Waals surface area contributed by atoms with E-state index in [1.165, 1.54) is 12.1 Å². The van der Waals surface area contributed by atoms with Gasteiger partial charge in [0.25, 0.3) is 0 Å². The Balaban J connectivity index is 2.22. The normalized spacial score (nSPS) is 16.5. The van der Waals surface area contributed by atoms with Gasteiger partial charge in [0.05, 0.1) is 17.2 Å². The highest BCUT2D eigenvalue weighted by Gasteiger charge is 2.35. The minimum Gasteiger partial charge on any atom is -0.486 e. The van der Waals surface area contributed by atoms with Crippen molar-refractivity contribution in [2.75, 3.05) is 13.2 Å². The number of hydrogen-bond donors (Lipinski definition) is 1. The van der Waals surface area contributed by atoms with Crippen molar-refractivity contribution in [2.24, 2.45) is 5.73 Å². The number of benzene rings is 2. The molecular weight excluding hydrogens is 321 g/mol. The zero-order valence-electron chi connectivity index (χ0n) is 12.4. The molecule has 0 amide bonds. The number of nitrogens with zero attached hydrogens (tertiary/aromatic N) is 1. The van der Waals surface area contributed by atoms with Crippen molar-refractivity contribution in [3.63, 3.8) is 0 Å². The summed E-state index contributed by atoms with van der Waals surface area (Å²) in [6.07, 6.45) is -5.00. The van der Waals surface area contributed by atoms with Crippen LogP contribution in [0, 0.1) is 11.3 Å². The van der Waals surface area contributed by atoms with Crippen LogP contribution in [0.25, 0.3) is 11.1 Å². The third-order valence-electron chi connectivity index (χ3n) is 3.70. The molecule has 124 valence electrons. The Morgan fingerprint density at radius 1 is 1.21 bits per heavy atom. The van der Waals surface area contributed by atoms with Crippen molar-refractivity contribution >= 4 is 0 Å². The summed E-state index contributed by atoms with van der Waals surface area (Å²) >= 11 is 0. The molecular formula is C17H13F3N2O2. The van der Waals surface area contributed by atoms with Crippen molar-refractivity contribution in [1.29, 1.82) is 5.26 Å². The topological polar surface area (TPSA) is 68.3 Å². The summed E-state index contributed by atoms with van der Waals surface area (Å²) in [6, 6.07) is 9.81. The molecule has 2 N–H and O–H groups in total. The van der Waals surface area contributed by atoms with Crippen molar-refractivity contribution in [1.82, 2.24) is 0 Å². The number of para-hydroxylation sites is 1. The van der Waals surface area contributed by atoms with E-state index in [9.17, 15) is 13.2 Å². The SMILES string of the molecule is N#Cc1ccc(C(F)(F)F)c(-c2cccc3c2O[C@@H](CN)CO3)c1. The predicted octanol–water partition coefficient (Wildman–Crippen LogP) is 3.34. The fourth-order valence-electron chi connectivity index (χ4n) is 2.55. The van der Waals surface area contributed by atoms with Crippen LogP contribution in [0.15, 0.2) is 36.4 Å². The number of alkyl halides is 3. The van der Waals surface area contributed by atoms with Gasteiger partial charge in [-0.25, -0.2) is 0 Å². The molecule has 2 aromatic carbocycles. The number of halogens is 3. The highest BCUT2D eigenvalue weighted by atomic mass is 19.4. The van der Waals surface area contributed by atoms with E-state index in [-0.39, 0.29) is 35.6 Å². The fourth-order valence-corrected chi connectivity index (χ4v) is 2.55. The van der Waals surface area contributed by atoms with Crippen LogP contribution in [0.5, 0.6) is 11.5 Å². The Bertz CT molecular complexity index is 812. The molecule has 0 fully saturated rings. The van der Waals surface area contributed by atoms with Gasteiger partial charge in [-0.2, -0.15) is 18.4 Å². The molecule has 0 bridgehead atoms. The molecule has 1 aliphatic rings. The minimum atomic E-state index is -4.56. The van der Waals surface area contributed by atoms with Crippen LogP contribution >= 0.6 is 0 Å². The lowest BCUT2D eigenvalue weighted by atomic mass is 9.95. The van der Waals surface area contributed by atoms with Gasteiger partial charge in [0.15, 0.2) is 11.5 Å². The Morgan fingerprint density at radius 2 is 2.00 bits per heavy atom. The summed E-state index contributed by atoms with van der Waals surface area (Å²) in [7, 11) is 0. The fraction of sp³-hybridized carbons (Fsp3) is 0.235. The second-order valence-electron chi connectivity index (χ2n) is 5.29. The van der Waals surface area contributed by atoms with Crippen molar-refractivity contribution in [2.45, 2.75) is 12.3 Å². The largest absolute Gasteiger partial charge is 0.486 e. The Labute approximate surface area is 136 Å². The number of nitrogens with two attached hydrogens (primary N) is 1. The van der Waals surface area contributed by atoms with Crippen LogP contribution in [0.1, 0.15) is 11.1 Å². The molecule has 0 spiro atoms. The third kappa shape index (κ3) is 2.88. The minimum absolute atomic E-state index is 0.125. The zero-order valence-corrected chi connectivity index (χ0v) is 12.4. The van der Waals surface area contributed by atoms with Gasteiger partial charge in [0.1, 0.15) is 12.7 Å². The maximum absolute atomic E-state index is 13.4. The summed E-state index contributed by atoms with van der Waals surface area (Å²) in [5, 5.41) is 9.02. The summed E-state index contributed by atoms with van der Waals surface area (Å²) in [5.41, 5.74) is 4.95. The van der Waals surface area contributed by atoms with E-state index in [2.05, 4.69) is 0 Å². The van der Waals surface area contributed by atoms with Crippen molar-refractivity contribution in [3.05, 3.63) is 47.5 Å². The molecule has 0 aromatic heterocycles. The number of fused-ring (bicyclic) bond motifs is 1. The van der Waals surface area contributed by atoms with E-state index in [1.807, 2.05) is 6.07 Å². The monoisotopic (exact) mass is 334 g/mol. The van der Waals surface area contributed by atoms with Crippen LogP contribution in [-0.4, -0.2) is 19.3 Å². The summed E-state index contributed by atoms with van der Waals surface area (Å²) in [5.74, 6) is 0.562. The molecule has 0 radical (unpaired) electrons. The van der Waals surface area contributed by atoms with Crippen molar-refractivity contribution in [3.8, 4) is 28.7 Å². The number of hydrogen-bond acceptors (Lipinski definition) is 4. The van der Waals surface area contributed by atoms with Gasteiger partial charge in [-0.3, -0.25) is 0 Å². The van der Waals surface area contributed by atoms with E-state index < -0.39 is 17.8 Å². The molecule has 1 atom stereocenters. The summed E-state index contributed by atoms with van der Waals surface area (Å²) in [6.45, 7) is 0.412. The Hall–Kier alpha value is -2.72. The van der Waals surface area contributed by atoms with E-state index in [0.717, 1.165) is 12.1 Å². The number of nitriles is 1. The molecule has 7 heteroatoms. The first kappa shape index (κ1) is 16.1. The van der Waals surface area contributed by atoms with Crippen LogP contribution < -0.4 is 15.2 Å². The average molecular weight is 334 g/mol.